The van der Waals surface area contributed by atoms with Crippen molar-refractivity contribution >= 4 is 29.5 Å². The van der Waals surface area contributed by atoms with Crippen LogP contribution >= 0.6 is 11.8 Å². The molecule has 0 unspecified atom stereocenters. The van der Waals surface area contributed by atoms with Gasteiger partial charge in [-0.1, -0.05) is 0 Å². The maximum atomic E-state index is 11.5. The lowest BCUT2D eigenvalue weighted by Gasteiger charge is -2.23. The van der Waals surface area contributed by atoms with Crippen LogP contribution in [-0.2, 0) is 14.4 Å². The molecule has 1 atom stereocenters. The minimum absolute atomic E-state index is 0.00597. The number of carbonyl (C=O) groups excluding carboxylic acids is 2. The number of aliphatic hydroxyl groups excluding tert-OH is 1. The Balaban J connectivity index is 2.17. The molecule has 0 saturated carbocycles. The summed E-state index contributed by atoms with van der Waals surface area (Å²) < 4.78 is 0. The zero-order valence-corrected chi connectivity index (χ0v) is 11.3. The number of aliphatic hydroxyl groups is 1. The van der Waals surface area contributed by atoms with Gasteiger partial charge in [-0.2, -0.15) is 0 Å². The van der Waals surface area contributed by atoms with Crippen LogP contribution in [0.2, 0.25) is 0 Å². The SMILES string of the molecule is O=C(O)CSCC(=O)NCCN1C(=O)CC[C@@H]1CO. The molecule has 1 aliphatic heterocycles. The molecular weight excluding hydrogens is 272 g/mol. The third kappa shape index (κ3) is 5.48. The third-order valence-electron chi connectivity index (χ3n) is 2.80. The largest absolute Gasteiger partial charge is 0.481 e. The number of likely N-dealkylation sites (tertiary alicyclic amines) is 1. The third-order valence-corrected chi connectivity index (χ3v) is 3.71. The number of thioether (sulfide) groups is 1. The van der Waals surface area contributed by atoms with E-state index in [1.807, 2.05) is 0 Å². The summed E-state index contributed by atoms with van der Waals surface area (Å²) in [4.78, 5) is 34.7. The lowest BCUT2D eigenvalue weighted by atomic mass is 10.2. The Kier molecular flexibility index (Phi) is 6.65. The number of hydrogen-bond acceptors (Lipinski definition) is 5. The Morgan fingerprint density at radius 3 is 2.79 bits per heavy atom. The van der Waals surface area contributed by atoms with Crippen LogP contribution in [0.5, 0.6) is 0 Å². The summed E-state index contributed by atoms with van der Waals surface area (Å²) in [6, 6.07) is -0.147. The number of amides is 2. The van der Waals surface area contributed by atoms with E-state index in [0.717, 1.165) is 11.8 Å². The minimum atomic E-state index is -0.953. The molecule has 1 aliphatic rings. The smallest absolute Gasteiger partial charge is 0.313 e. The number of carboxylic acid groups (broad SMARTS) is 1. The Morgan fingerprint density at radius 1 is 1.42 bits per heavy atom. The van der Waals surface area contributed by atoms with Gasteiger partial charge in [-0.15, -0.1) is 11.8 Å². The van der Waals surface area contributed by atoms with Gasteiger partial charge in [0.05, 0.1) is 24.2 Å². The summed E-state index contributed by atoms with van der Waals surface area (Å²) in [6.07, 6.45) is 1.09. The standard InChI is InChI=1S/C11H18N2O5S/c14-5-8-1-2-10(16)13(8)4-3-12-9(15)6-19-7-11(17)18/h8,14H,1-7H2,(H,12,15)(H,17,18)/t8-/m1/s1. The molecule has 1 heterocycles. The van der Waals surface area contributed by atoms with Crippen LogP contribution in [0.25, 0.3) is 0 Å². The molecular formula is C11H18N2O5S. The first-order valence-corrected chi connectivity index (χ1v) is 7.16. The predicted octanol–water partition coefficient (Wildman–Crippen LogP) is -1.10. The number of aliphatic carboxylic acids is 1. The summed E-state index contributed by atoms with van der Waals surface area (Å²) in [5.74, 6) is -1.23. The Labute approximate surface area is 115 Å². The normalized spacial score (nSPS) is 18.7. The number of nitrogens with zero attached hydrogens (tertiary/aromatic N) is 1. The monoisotopic (exact) mass is 290 g/mol. The van der Waals surface area contributed by atoms with Crippen LogP contribution in [0.3, 0.4) is 0 Å². The number of carboxylic acids is 1. The summed E-state index contributed by atoms with van der Waals surface area (Å²) in [5.41, 5.74) is 0. The van der Waals surface area contributed by atoms with Gasteiger partial charge in [-0.05, 0) is 6.42 Å². The van der Waals surface area contributed by atoms with E-state index in [1.54, 1.807) is 4.90 Å². The van der Waals surface area contributed by atoms with E-state index >= 15 is 0 Å². The highest BCUT2D eigenvalue weighted by molar-refractivity contribution is 8.00. The van der Waals surface area contributed by atoms with Crippen molar-refractivity contribution < 1.29 is 24.6 Å². The molecule has 2 amide bonds. The molecule has 3 N–H and O–H groups in total. The van der Waals surface area contributed by atoms with E-state index in [0.29, 0.717) is 25.9 Å². The van der Waals surface area contributed by atoms with Crippen molar-refractivity contribution in [2.24, 2.45) is 0 Å². The molecule has 1 saturated heterocycles. The highest BCUT2D eigenvalue weighted by Crippen LogP contribution is 2.17. The van der Waals surface area contributed by atoms with E-state index < -0.39 is 5.97 Å². The van der Waals surface area contributed by atoms with Crippen LogP contribution in [0.15, 0.2) is 0 Å². The molecule has 0 aromatic rings. The van der Waals surface area contributed by atoms with Gasteiger partial charge in [0.15, 0.2) is 0 Å². The number of rotatable bonds is 8. The predicted molar refractivity (Wildman–Crippen MR) is 69.8 cm³/mol. The minimum Gasteiger partial charge on any atom is -0.481 e. The van der Waals surface area contributed by atoms with E-state index in [-0.39, 0.29) is 36.0 Å². The zero-order chi connectivity index (χ0) is 14.3. The lowest BCUT2D eigenvalue weighted by molar-refractivity contribution is -0.134. The van der Waals surface area contributed by atoms with Gasteiger partial charge < -0.3 is 20.4 Å². The molecule has 8 heteroatoms. The molecule has 7 nitrogen and oxygen atoms in total. The fourth-order valence-corrected chi connectivity index (χ4v) is 2.45. The Bertz CT molecular complexity index is 350. The molecule has 0 aromatic heterocycles. The fourth-order valence-electron chi connectivity index (χ4n) is 1.89. The first-order chi connectivity index (χ1) is 9.04. The fraction of sp³-hybridized carbons (Fsp3) is 0.727. The van der Waals surface area contributed by atoms with E-state index in [1.165, 1.54) is 0 Å². The van der Waals surface area contributed by atoms with Crippen LogP contribution in [0, 0.1) is 0 Å². The van der Waals surface area contributed by atoms with Crippen molar-refractivity contribution in [1.29, 1.82) is 0 Å². The molecule has 0 radical (unpaired) electrons. The summed E-state index contributed by atoms with van der Waals surface area (Å²) >= 11 is 1.03. The molecule has 0 aliphatic carbocycles. The van der Waals surface area contributed by atoms with Crippen molar-refractivity contribution in [1.82, 2.24) is 10.2 Å². The second-order valence-electron chi connectivity index (χ2n) is 4.20. The second kappa shape index (κ2) is 8.00. The van der Waals surface area contributed by atoms with Crippen LogP contribution in [0.4, 0.5) is 0 Å². The Hall–Kier alpha value is -1.28. The van der Waals surface area contributed by atoms with Crippen molar-refractivity contribution in [2.75, 3.05) is 31.2 Å². The lowest BCUT2D eigenvalue weighted by Crippen LogP contribution is -2.41. The quantitative estimate of drug-likeness (QED) is 0.524. The highest BCUT2D eigenvalue weighted by atomic mass is 32.2. The van der Waals surface area contributed by atoms with Crippen molar-refractivity contribution in [3.05, 3.63) is 0 Å². The molecule has 1 fully saturated rings. The first-order valence-electron chi connectivity index (χ1n) is 6.01. The van der Waals surface area contributed by atoms with E-state index in [9.17, 15) is 14.4 Å². The second-order valence-corrected chi connectivity index (χ2v) is 5.18. The average Bonchev–Trinajstić information content (AvgIpc) is 2.70. The molecule has 0 aromatic carbocycles. The van der Waals surface area contributed by atoms with Crippen LogP contribution < -0.4 is 5.32 Å². The van der Waals surface area contributed by atoms with E-state index in [4.69, 9.17) is 10.2 Å². The summed E-state index contributed by atoms with van der Waals surface area (Å²) in [6.45, 7) is 0.627. The molecule has 1 rings (SSSR count). The number of nitrogens with one attached hydrogen (secondary N) is 1. The van der Waals surface area contributed by atoms with E-state index in [2.05, 4.69) is 5.32 Å². The van der Waals surface area contributed by atoms with Crippen molar-refractivity contribution in [3.8, 4) is 0 Å². The maximum absolute atomic E-state index is 11.5. The number of hydrogen-bond donors (Lipinski definition) is 3. The topological polar surface area (TPSA) is 107 Å². The molecule has 108 valence electrons. The van der Waals surface area contributed by atoms with Crippen molar-refractivity contribution in [3.63, 3.8) is 0 Å². The molecule has 19 heavy (non-hydrogen) atoms. The summed E-state index contributed by atoms with van der Waals surface area (Å²) in [7, 11) is 0. The average molecular weight is 290 g/mol. The zero-order valence-electron chi connectivity index (χ0n) is 10.5. The van der Waals surface area contributed by atoms with Gasteiger partial charge in [0, 0.05) is 19.5 Å². The van der Waals surface area contributed by atoms with Gasteiger partial charge >= 0.3 is 5.97 Å². The summed E-state index contributed by atoms with van der Waals surface area (Å²) in [5, 5.41) is 20.1. The highest BCUT2D eigenvalue weighted by Gasteiger charge is 2.29. The number of carbonyl (C=O) groups is 3. The van der Waals surface area contributed by atoms with Gasteiger partial charge in [0.2, 0.25) is 11.8 Å². The van der Waals surface area contributed by atoms with Crippen LogP contribution in [0.1, 0.15) is 12.8 Å². The van der Waals surface area contributed by atoms with Gasteiger partial charge in [0.25, 0.3) is 0 Å². The Morgan fingerprint density at radius 2 is 2.16 bits per heavy atom. The van der Waals surface area contributed by atoms with Crippen molar-refractivity contribution in [2.45, 2.75) is 18.9 Å². The van der Waals surface area contributed by atoms with Crippen LogP contribution in [-0.4, -0.2) is 70.1 Å². The van der Waals surface area contributed by atoms with Gasteiger partial charge in [-0.25, -0.2) is 0 Å². The van der Waals surface area contributed by atoms with Gasteiger partial charge in [0.1, 0.15) is 0 Å². The first kappa shape index (κ1) is 15.8. The van der Waals surface area contributed by atoms with Gasteiger partial charge in [-0.3, -0.25) is 14.4 Å². The molecule has 0 spiro atoms. The molecule has 0 bridgehead atoms. The maximum Gasteiger partial charge on any atom is 0.313 e.